The average molecular weight is 270 g/mol. The van der Waals surface area contributed by atoms with Gasteiger partial charge in [-0.3, -0.25) is 0 Å². The summed E-state index contributed by atoms with van der Waals surface area (Å²) in [5, 5.41) is 9.39. The minimum atomic E-state index is -0.985. The summed E-state index contributed by atoms with van der Waals surface area (Å²) in [6.45, 7) is 3.26. The highest BCUT2D eigenvalue weighted by Crippen LogP contribution is 2.26. The van der Waals surface area contributed by atoms with E-state index in [0.29, 0.717) is 11.5 Å². The highest BCUT2D eigenvalue weighted by atomic mass is 16.5. The summed E-state index contributed by atoms with van der Waals surface area (Å²) in [6, 6.07) is 5.47. The zero-order valence-electron chi connectivity index (χ0n) is 12.2. The number of aliphatic hydroxyl groups is 1. The van der Waals surface area contributed by atoms with Crippen LogP contribution in [0.4, 0.5) is 0 Å². The van der Waals surface area contributed by atoms with E-state index in [4.69, 9.17) is 9.47 Å². The SMILES string of the molecule is COc1ccc(C#C/C=C\C#CC(C)(C)O)cc1OC. The Morgan fingerprint density at radius 1 is 1.05 bits per heavy atom. The van der Waals surface area contributed by atoms with Crippen LogP contribution in [0.2, 0.25) is 0 Å². The van der Waals surface area contributed by atoms with Gasteiger partial charge < -0.3 is 14.6 Å². The average Bonchev–Trinajstić information content (AvgIpc) is 2.41. The molecule has 0 saturated carbocycles. The lowest BCUT2D eigenvalue weighted by Crippen LogP contribution is -2.14. The van der Waals surface area contributed by atoms with Crippen LogP contribution in [0.25, 0.3) is 0 Å². The normalized spacial score (nSPS) is 10.2. The van der Waals surface area contributed by atoms with Crippen molar-refractivity contribution in [2.24, 2.45) is 0 Å². The molecule has 1 aromatic carbocycles. The summed E-state index contributed by atoms with van der Waals surface area (Å²) in [5.41, 5.74) is -0.163. The molecule has 0 aliphatic rings. The van der Waals surface area contributed by atoms with Gasteiger partial charge in [0.1, 0.15) is 5.60 Å². The molecule has 0 aromatic heterocycles. The molecule has 0 amide bonds. The standard InChI is InChI=1S/C17H18O3/c1-17(2,18)12-8-6-5-7-9-14-10-11-15(19-3)16(13-14)20-4/h5-6,10-11,13,18H,1-4H3/b6-5-. The van der Waals surface area contributed by atoms with Gasteiger partial charge in [0.2, 0.25) is 0 Å². The summed E-state index contributed by atoms with van der Waals surface area (Å²) in [5.74, 6) is 12.5. The van der Waals surface area contributed by atoms with E-state index in [1.807, 2.05) is 12.1 Å². The third-order valence-electron chi connectivity index (χ3n) is 2.23. The van der Waals surface area contributed by atoms with Crippen LogP contribution in [-0.4, -0.2) is 24.9 Å². The Bertz CT molecular complexity index is 599. The van der Waals surface area contributed by atoms with Crippen molar-refractivity contribution < 1.29 is 14.6 Å². The van der Waals surface area contributed by atoms with Gasteiger partial charge in [-0.1, -0.05) is 23.7 Å². The summed E-state index contributed by atoms with van der Waals surface area (Å²) in [7, 11) is 3.18. The first-order valence-electron chi connectivity index (χ1n) is 6.10. The molecule has 0 heterocycles. The van der Waals surface area contributed by atoms with Gasteiger partial charge >= 0.3 is 0 Å². The van der Waals surface area contributed by atoms with Crippen molar-refractivity contribution in [3.8, 4) is 35.2 Å². The van der Waals surface area contributed by atoms with Crippen molar-refractivity contribution in [1.82, 2.24) is 0 Å². The summed E-state index contributed by atoms with van der Waals surface area (Å²) in [6.07, 6.45) is 3.24. The Morgan fingerprint density at radius 3 is 2.30 bits per heavy atom. The molecular weight excluding hydrogens is 252 g/mol. The Labute approximate surface area is 120 Å². The monoisotopic (exact) mass is 270 g/mol. The third-order valence-corrected chi connectivity index (χ3v) is 2.23. The van der Waals surface area contributed by atoms with Gasteiger partial charge in [0.05, 0.1) is 14.2 Å². The van der Waals surface area contributed by atoms with Crippen LogP contribution in [0.1, 0.15) is 19.4 Å². The van der Waals surface area contributed by atoms with Gasteiger partial charge in [-0.05, 0) is 44.2 Å². The lowest BCUT2D eigenvalue weighted by Gasteiger charge is -2.06. The van der Waals surface area contributed by atoms with Crippen molar-refractivity contribution >= 4 is 0 Å². The molecule has 104 valence electrons. The number of hydrogen-bond acceptors (Lipinski definition) is 3. The van der Waals surface area contributed by atoms with Crippen LogP contribution < -0.4 is 9.47 Å². The first kappa shape index (κ1) is 15.7. The van der Waals surface area contributed by atoms with Crippen molar-refractivity contribution in [1.29, 1.82) is 0 Å². The molecule has 1 aromatic rings. The molecular formula is C17H18O3. The van der Waals surface area contributed by atoms with Gasteiger partial charge in [0.25, 0.3) is 0 Å². The zero-order valence-corrected chi connectivity index (χ0v) is 12.2. The molecule has 1 N–H and O–H groups in total. The predicted molar refractivity (Wildman–Crippen MR) is 79.6 cm³/mol. The van der Waals surface area contributed by atoms with E-state index in [-0.39, 0.29) is 0 Å². The van der Waals surface area contributed by atoms with Crippen LogP contribution in [0.15, 0.2) is 30.4 Å². The van der Waals surface area contributed by atoms with Crippen LogP contribution in [-0.2, 0) is 0 Å². The van der Waals surface area contributed by atoms with Crippen molar-refractivity contribution in [2.45, 2.75) is 19.4 Å². The van der Waals surface area contributed by atoms with E-state index in [9.17, 15) is 5.11 Å². The Hall–Kier alpha value is -2.36. The van der Waals surface area contributed by atoms with Crippen LogP contribution in [0, 0.1) is 23.7 Å². The number of ether oxygens (including phenoxy) is 2. The second-order valence-electron chi connectivity index (χ2n) is 4.50. The van der Waals surface area contributed by atoms with E-state index >= 15 is 0 Å². The quantitative estimate of drug-likeness (QED) is 0.839. The van der Waals surface area contributed by atoms with Gasteiger partial charge in [-0.25, -0.2) is 0 Å². The lowest BCUT2D eigenvalue weighted by molar-refractivity contribution is 0.143. The molecule has 0 unspecified atom stereocenters. The van der Waals surface area contributed by atoms with Crippen LogP contribution in [0.5, 0.6) is 11.5 Å². The summed E-state index contributed by atoms with van der Waals surface area (Å²) < 4.78 is 10.3. The fourth-order valence-corrected chi connectivity index (χ4v) is 1.34. The maximum Gasteiger partial charge on any atom is 0.161 e. The smallest absolute Gasteiger partial charge is 0.161 e. The van der Waals surface area contributed by atoms with E-state index in [1.165, 1.54) is 0 Å². The van der Waals surface area contributed by atoms with Crippen molar-refractivity contribution in [3.63, 3.8) is 0 Å². The topological polar surface area (TPSA) is 38.7 Å². The number of rotatable bonds is 2. The highest BCUT2D eigenvalue weighted by Gasteiger charge is 2.04. The largest absolute Gasteiger partial charge is 0.493 e. The van der Waals surface area contributed by atoms with Crippen molar-refractivity contribution in [2.75, 3.05) is 14.2 Å². The van der Waals surface area contributed by atoms with Gasteiger partial charge in [0.15, 0.2) is 11.5 Å². The van der Waals surface area contributed by atoms with E-state index in [1.54, 1.807) is 46.3 Å². The summed E-state index contributed by atoms with van der Waals surface area (Å²) >= 11 is 0. The zero-order chi connectivity index (χ0) is 15.0. The third kappa shape index (κ3) is 5.52. The molecule has 0 bridgehead atoms. The molecule has 0 aliphatic heterocycles. The van der Waals surface area contributed by atoms with Crippen LogP contribution >= 0.6 is 0 Å². The summed E-state index contributed by atoms with van der Waals surface area (Å²) in [4.78, 5) is 0. The first-order valence-corrected chi connectivity index (χ1v) is 6.10. The fraction of sp³-hybridized carbons (Fsp3) is 0.294. The molecule has 0 radical (unpaired) electrons. The number of hydrogen-bond donors (Lipinski definition) is 1. The molecule has 0 spiro atoms. The maximum absolute atomic E-state index is 9.39. The molecule has 0 aliphatic carbocycles. The van der Waals surface area contributed by atoms with Gasteiger partial charge in [0, 0.05) is 5.56 Å². The highest BCUT2D eigenvalue weighted by molar-refractivity contribution is 5.49. The Balaban J connectivity index is 2.77. The van der Waals surface area contributed by atoms with Crippen molar-refractivity contribution in [3.05, 3.63) is 35.9 Å². The molecule has 0 fully saturated rings. The molecule has 0 saturated heterocycles. The molecule has 1 rings (SSSR count). The Kier molecular flexibility index (Phi) is 5.72. The fourth-order valence-electron chi connectivity index (χ4n) is 1.34. The maximum atomic E-state index is 9.39. The second kappa shape index (κ2) is 7.28. The molecule has 0 atom stereocenters. The first-order chi connectivity index (χ1) is 9.46. The van der Waals surface area contributed by atoms with E-state index < -0.39 is 5.60 Å². The Morgan fingerprint density at radius 2 is 1.70 bits per heavy atom. The molecule has 20 heavy (non-hydrogen) atoms. The minimum absolute atomic E-state index is 0.644. The number of benzene rings is 1. The molecule has 3 nitrogen and oxygen atoms in total. The van der Waals surface area contributed by atoms with Gasteiger partial charge in [-0.15, -0.1) is 0 Å². The minimum Gasteiger partial charge on any atom is -0.493 e. The molecule has 3 heteroatoms. The van der Waals surface area contributed by atoms with E-state index in [0.717, 1.165) is 5.56 Å². The number of methoxy groups -OCH3 is 2. The number of allylic oxidation sites excluding steroid dienone is 2. The van der Waals surface area contributed by atoms with E-state index in [2.05, 4.69) is 23.7 Å². The van der Waals surface area contributed by atoms with Crippen LogP contribution in [0.3, 0.4) is 0 Å². The lowest BCUT2D eigenvalue weighted by atomic mass is 10.1. The second-order valence-corrected chi connectivity index (χ2v) is 4.50. The predicted octanol–water partition coefficient (Wildman–Crippen LogP) is 2.39. The van der Waals surface area contributed by atoms with Gasteiger partial charge in [-0.2, -0.15) is 0 Å².